The van der Waals surface area contributed by atoms with E-state index in [0.717, 1.165) is 30.4 Å². The number of nitrogens with one attached hydrogen (secondary N) is 2. The lowest BCUT2D eigenvalue weighted by atomic mass is 9.76. The lowest BCUT2D eigenvalue weighted by Crippen LogP contribution is -2.40. The Kier molecular flexibility index (Phi) is 7.80. The lowest BCUT2D eigenvalue weighted by molar-refractivity contribution is -0.145. The molecule has 1 atom stereocenters. The van der Waals surface area contributed by atoms with E-state index in [1.165, 1.54) is 11.1 Å². The van der Waals surface area contributed by atoms with Gasteiger partial charge in [-0.2, -0.15) is 0 Å². The highest BCUT2D eigenvalue weighted by Gasteiger charge is 2.32. The van der Waals surface area contributed by atoms with Crippen LogP contribution in [-0.4, -0.2) is 56.0 Å². The number of hydrogen-bond donors (Lipinski definition) is 3. The van der Waals surface area contributed by atoms with Crippen LogP contribution in [0.3, 0.4) is 0 Å². The fourth-order valence-electron chi connectivity index (χ4n) is 4.61. The van der Waals surface area contributed by atoms with Gasteiger partial charge in [0.15, 0.2) is 0 Å². The molecule has 8 nitrogen and oxygen atoms in total. The normalized spacial score (nSPS) is 15.5. The van der Waals surface area contributed by atoms with Crippen molar-refractivity contribution in [2.75, 3.05) is 32.9 Å². The molecule has 0 saturated heterocycles. The summed E-state index contributed by atoms with van der Waals surface area (Å²) >= 11 is 0. The van der Waals surface area contributed by atoms with Gasteiger partial charge in [-0.3, -0.25) is 9.59 Å². The summed E-state index contributed by atoms with van der Waals surface area (Å²) in [5, 5.41) is 14.5. The van der Waals surface area contributed by atoms with Gasteiger partial charge < -0.3 is 25.2 Å². The maximum absolute atomic E-state index is 12.1. The van der Waals surface area contributed by atoms with Crippen LogP contribution in [0.25, 0.3) is 11.1 Å². The first-order valence-corrected chi connectivity index (χ1v) is 11.7. The van der Waals surface area contributed by atoms with Gasteiger partial charge in [0.1, 0.15) is 13.2 Å². The number of amides is 2. The first-order chi connectivity index (χ1) is 16.5. The van der Waals surface area contributed by atoms with Gasteiger partial charge in [0.05, 0.1) is 12.5 Å². The third-order valence-electron chi connectivity index (χ3n) is 6.65. The first kappa shape index (κ1) is 23.8. The van der Waals surface area contributed by atoms with Crippen LogP contribution in [0.1, 0.15) is 36.3 Å². The maximum Gasteiger partial charge on any atom is 0.407 e. The fraction of sp³-hybridized carbons (Fsp3) is 0.423. The summed E-state index contributed by atoms with van der Waals surface area (Å²) < 4.78 is 10.7. The molecule has 1 unspecified atom stereocenters. The zero-order valence-electron chi connectivity index (χ0n) is 19.0. The number of carbonyl (C=O) groups excluding carboxylic acids is 2. The third-order valence-corrected chi connectivity index (χ3v) is 6.65. The molecule has 1 saturated carbocycles. The molecule has 2 aromatic rings. The molecule has 2 aromatic carbocycles. The number of carboxylic acid groups (broad SMARTS) is 1. The van der Waals surface area contributed by atoms with Crippen LogP contribution in [0.2, 0.25) is 0 Å². The summed E-state index contributed by atoms with van der Waals surface area (Å²) in [4.78, 5) is 35.4. The van der Waals surface area contributed by atoms with Crippen molar-refractivity contribution in [1.82, 2.24) is 10.6 Å². The second-order valence-electron chi connectivity index (χ2n) is 8.74. The molecule has 1 fully saturated rings. The molecule has 2 aliphatic carbocycles. The Morgan fingerprint density at radius 2 is 1.62 bits per heavy atom. The molecule has 0 aromatic heterocycles. The van der Waals surface area contributed by atoms with Gasteiger partial charge >= 0.3 is 12.1 Å². The zero-order valence-corrected chi connectivity index (χ0v) is 19.0. The zero-order chi connectivity index (χ0) is 23.9. The van der Waals surface area contributed by atoms with Crippen molar-refractivity contribution in [1.29, 1.82) is 0 Å². The second kappa shape index (κ2) is 11.2. The van der Waals surface area contributed by atoms with E-state index < -0.39 is 18.0 Å². The third kappa shape index (κ3) is 5.56. The van der Waals surface area contributed by atoms with E-state index in [2.05, 4.69) is 34.9 Å². The fourth-order valence-corrected chi connectivity index (χ4v) is 4.61. The molecular weight excluding hydrogens is 436 g/mol. The number of carbonyl (C=O) groups is 3. The Bertz CT molecular complexity index is 990. The topological polar surface area (TPSA) is 114 Å². The van der Waals surface area contributed by atoms with E-state index in [1.54, 1.807) is 0 Å². The molecule has 2 aliphatic rings. The Balaban J connectivity index is 1.13. The van der Waals surface area contributed by atoms with Crippen LogP contribution in [-0.2, 0) is 19.1 Å². The largest absolute Gasteiger partial charge is 0.481 e. The smallest absolute Gasteiger partial charge is 0.407 e. The summed E-state index contributed by atoms with van der Waals surface area (Å²) in [6.45, 7) is 0.491. The number of hydrogen-bond acceptors (Lipinski definition) is 5. The van der Waals surface area contributed by atoms with E-state index in [1.807, 2.05) is 24.3 Å². The van der Waals surface area contributed by atoms with Gasteiger partial charge in [-0.1, -0.05) is 55.0 Å². The van der Waals surface area contributed by atoms with E-state index in [0.29, 0.717) is 0 Å². The highest BCUT2D eigenvalue weighted by molar-refractivity contribution is 5.79. The van der Waals surface area contributed by atoms with Gasteiger partial charge in [-0.25, -0.2) is 4.79 Å². The van der Waals surface area contributed by atoms with E-state index in [9.17, 15) is 19.5 Å². The molecule has 0 aliphatic heterocycles. The van der Waals surface area contributed by atoms with Crippen molar-refractivity contribution in [3.05, 3.63) is 59.7 Å². The van der Waals surface area contributed by atoms with Crippen LogP contribution in [0.15, 0.2) is 48.5 Å². The lowest BCUT2D eigenvalue weighted by Gasteiger charge is -2.31. The predicted molar refractivity (Wildman–Crippen MR) is 125 cm³/mol. The predicted octanol–water partition coefficient (Wildman–Crippen LogP) is 3.16. The average molecular weight is 467 g/mol. The Labute approximate surface area is 198 Å². The van der Waals surface area contributed by atoms with Crippen molar-refractivity contribution in [2.24, 2.45) is 11.8 Å². The molecule has 4 rings (SSSR count). The second-order valence-corrected chi connectivity index (χ2v) is 8.74. The van der Waals surface area contributed by atoms with Gasteiger partial charge in [-0.05, 0) is 41.0 Å². The first-order valence-electron chi connectivity index (χ1n) is 11.7. The van der Waals surface area contributed by atoms with Gasteiger partial charge in [0.25, 0.3) is 0 Å². The summed E-state index contributed by atoms with van der Waals surface area (Å²) in [7, 11) is 0. The van der Waals surface area contributed by atoms with Crippen molar-refractivity contribution in [3.8, 4) is 11.1 Å². The van der Waals surface area contributed by atoms with Crippen LogP contribution in [0.4, 0.5) is 4.79 Å². The number of rotatable bonds is 11. The highest BCUT2D eigenvalue weighted by Crippen LogP contribution is 2.44. The molecule has 8 heteroatoms. The average Bonchev–Trinajstić information content (AvgIpc) is 3.12. The van der Waals surface area contributed by atoms with Crippen LogP contribution < -0.4 is 10.6 Å². The summed E-state index contributed by atoms with van der Waals surface area (Å²) in [6.07, 6.45) is 2.29. The molecule has 34 heavy (non-hydrogen) atoms. The van der Waals surface area contributed by atoms with E-state index in [-0.39, 0.29) is 50.7 Å². The van der Waals surface area contributed by atoms with Crippen LogP contribution >= 0.6 is 0 Å². The monoisotopic (exact) mass is 466 g/mol. The Hall–Kier alpha value is -3.39. The number of ether oxygens (including phenoxy) is 2. The molecule has 0 heterocycles. The van der Waals surface area contributed by atoms with E-state index >= 15 is 0 Å². The Morgan fingerprint density at radius 1 is 0.971 bits per heavy atom. The number of benzene rings is 2. The van der Waals surface area contributed by atoms with E-state index in [4.69, 9.17) is 9.47 Å². The van der Waals surface area contributed by atoms with Crippen molar-refractivity contribution in [2.45, 2.75) is 25.2 Å². The van der Waals surface area contributed by atoms with Gasteiger partial charge in [0, 0.05) is 19.0 Å². The molecule has 0 bridgehead atoms. The van der Waals surface area contributed by atoms with Gasteiger partial charge in [0.2, 0.25) is 5.91 Å². The number of carboxylic acids is 1. The summed E-state index contributed by atoms with van der Waals surface area (Å²) in [5.41, 5.74) is 4.63. The van der Waals surface area contributed by atoms with Crippen molar-refractivity contribution < 1.29 is 29.0 Å². The molecule has 2 amide bonds. The molecule has 0 spiro atoms. The SMILES string of the molecule is O=C(COCCNC(=O)OCC1c2ccccc2-c2ccccc21)NCC(C(=O)O)C1CCC1. The highest BCUT2D eigenvalue weighted by atomic mass is 16.5. The molecule has 180 valence electrons. The quantitative estimate of drug-likeness (QED) is 0.439. The number of alkyl carbamates (subject to hydrolysis) is 1. The molecular formula is C26H30N2O6. The summed E-state index contributed by atoms with van der Waals surface area (Å²) in [5.74, 6) is -1.66. The van der Waals surface area contributed by atoms with Crippen molar-refractivity contribution >= 4 is 18.0 Å². The minimum absolute atomic E-state index is 0.00680. The number of aliphatic carboxylic acids is 1. The standard InChI is InChI=1S/C26H30N2O6/c29-24(28-14-22(25(30)31)17-6-5-7-17)16-33-13-12-27-26(32)34-15-23-20-10-3-1-8-18(20)19-9-2-4-11-21(19)23/h1-4,8-11,17,22-23H,5-7,12-16H2,(H,27,32)(H,28,29)(H,30,31). The number of fused-ring (bicyclic) bond motifs is 3. The minimum atomic E-state index is -0.877. The minimum Gasteiger partial charge on any atom is -0.481 e. The van der Waals surface area contributed by atoms with Crippen molar-refractivity contribution in [3.63, 3.8) is 0 Å². The van der Waals surface area contributed by atoms with Crippen LogP contribution in [0.5, 0.6) is 0 Å². The maximum atomic E-state index is 12.1. The molecule has 0 radical (unpaired) electrons. The summed E-state index contributed by atoms with van der Waals surface area (Å²) in [6, 6.07) is 16.3. The van der Waals surface area contributed by atoms with Crippen LogP contribution in [0, 0.1) is 11.8 Å². The van der Waals surface area contributed by atoms with Gasteiger partial charge in [-0.15, -0.1) is 0 Å². The Morgan fingerprint density at radius 3 is 2.21 bits per heavy atom. The molecule has 3 N–H and O–H groups in total.